The lowest BCUT2D eigenvalue weighted by atomic mass is 10.0. The van der Waals surface area contributed by atoms with Gasteiger partial charge in [0.15, 0.2) is 0 Å². The molecule has 27 heavy (non-hydrogen) atoms. The van der Waals surface area contributed by atoms with Crippen molar-refractivity contribution in [2.24, 2.45) is 0 Å². The van der Waals surface area contributed by atoms with Crippen molar-refractivity contribution in [1.82, 2.24) is 15.3 Å². The molecular weight excluding hydrogens is 338 g/mol. The molecule has 140 valence electrons. The SMILES string of the molecule is CCCCOCCCNC(=O)c1cc(-c2ccncc2)nc2ccccc12. The van der Waals surface area contributed by atoms with Gasteiger partial charge in [-0.05, 0) is 37.1 Å². The summed E-state index contributed by atoms with van der Waals surface area (Å²) in [6.45, 7) is 4.18. The molecule has 2 heterocycles. The normalized spacial score (nSPS) is 10.9. The van der Waals surface area contributed by atoms with E-state index in [2.05, 4.69) is 17.2 Å². The summed E-state index contributed by atoms with van der Waals surface area (Å²) in [6, 6.07) is 13.4. The lowest BCUT2D eigenvalue weighted by Crippen LogP contribution is -2.25. The summed E-state index contributed by atoms with van der Waals surface area (Å²) >= 11 is 0. The molecule has 0 saturated carbocycles. The molecule has 5 heteroatoms. The van der Waals surface area contributed by atoms with Gasteiger partial charge in [-0.25, -0.2) is 4.98 Å². The Bertz CT molecular complexity index is 881. The van der Waals surface area contributed by atoms with Gasteiger partial charge in [-0.2, -0.15) is 0 Å². The molecule has 5 nitrogen and oxygen atoms in total. The van der Waals surface area contributed by atoms with E-state index in [1.807, 2.05) is 42.5 Å². The van der Waals surface area contributed by atoms with E-state index in [1.165, 1.54) is 0 Å². The number of nitrogens with one attached hydrogen (secondary N) is 1. The van der Waals surface area contributed by atoms with Crippen molar-refractivity contribution in [3.8, 4) is 11.3 Å². The van der Waals surface area contributed by atoms with E-state index in [4.69, 9.17) is 9.72 Å². The van der Waals surface area contributed by atoms with Gasteiger partial charge < -0.3 is 10.1 Å². The van der Waals surface area contributed by atoms with Crippen LogP contribution in [0.1, 0.15) is 36.5 Å². The third-order valence-corrected chi connectivity index (χ3v) is 4.33. The van der Waals surface area contributed by atoms with Crippen molar-refractivity contribution in [3.05, 3.63) is 60.4 Å². The van der Waals surface area contributed by atoms with Gasteiger partial charge in [0.1, 0.15) is 0 Å². The Hall–Kier alpha value is -2.79. The van der Waals surface area contributed by atoms with Gasteiger partial charge in [0.05, 0.1) is 16.8 Å². The van der Waals surface area contributed by atoms with Crippen LogP contribution in [0, 0.1) is 0 Å². The molecule has 0 aliphatic carbocycles. The fourth-order valence-corrected chi connectivity index (χ4v) is 2.85. The van der Waals surface area contributed by atoms with Crippen molar-refractivity contribution in [2.45, 2.75) is 26.2 Å². The van der Waals surface area contributed by atoms with Crippen LogP contribution in [-0.2, 0) is 4.74 Å². The minimum Gasteiger partial charge on any atom is -0.381 e. The number of aromatic nitrogens is 2. The van der Waals surface area contributed by atoms with E-state index >= 15 is 0 Å². The van der Waals surface area contributed by atoms with Gasteiger partial charge in [0.2, 0.25) is 0 Å². The van der Waals surface area contributed by atoms with E-state index in [1.54, 1.807) is 12.4 Å². The fourth-order valence-electron chi connectivity index (χ4n) is 2.85. The highest BCUT2D eigenvalue weighted by atomic mass is 16.5. The van der Waals surface area contributed by atoms with Gasteiger partial charge in [-0.3, -0.25) is 9.78 Å². The van der Waals surface area contributed by atoms with Crippen molar-refractivity contribution >= 4 is 16.8 Å². The topological polar surface area (TPSA) is 64.1 Å². The largest absolute Gasteiger partial charge is 0.381 e. The zero-order valence-corrected chi connectivity index (χ0v) is 15.6. The second-order valence-corrected chi connectivity index (χ2v) is 6.38. The smallest absolute Gasteiger partial charge is 0.252 e. The Balaban J connectivity index is 1.73. The summed E-state index contributed by atoms with van der Waals surface area (Å²) < 4.78 is 5.54. The van der Waals surface area contributed by atoms with Gasteiger partial charge >= 0.3 is 0 Å². The summed E-state index contributed by atoms with van der Waals surface area (Å²) in [6.07, 6.45) is 6.46. The van der Waals surface area contributed by atoms with Crippen molar-refractivity contribution in [1.29, 1.82) is 0 Å². The van der Waals surface area contributed by atoms with E-state index in [-0.39, 0.29) is 5.91 Å². The predicted molar refractivity (Wildman–Crippen MR) is 108 cm³/mol. The average Bonchev–Trinajstić information content (AvgIpc) is 2.72. The minimum absolute atomic E-state index is 0.0857. The average molecular weight is 363 g/mol. The number of fused-ring (bicyclic) bond motifs is 1. The maximum atomic E-state index is 12.8. The highest BCUT2D eigenvalue weighted by Crippen LogP contribution is 2.24. The predicted octanol–water partition coefficient (Wildman–Crippen LogP) is 4.23. The van der Waals surface area contributed by atoms with Crippen LogP contribution in [0.5, 0.6) is 0 Å². The number of ether oxygens (including phenoxy) is 1. The van der Waals surface area contributed by atoms with Crippen LogP contribution in [0.15, 0.2) is 54.9 Å². The Morgan fingerprint density at radius 1 is 1.07 bits per heavy atom. The molecule has 0 spiro atoms. The second kappa shape index (κ2) is 9.78. The molecule has 3 aromatic rings. The molecule has 2 aromatic heterocycles. The zero-order chi connectivity index (χ0) is 18.9. The third kappa shape index (κ3) is 5.11. The first-order valence-electron chi connectivity index (χ1n) is 9.45. The number of hydrogen-bond donors (Lipinski definition) is 1. The third-order valence-electron chi connectivity index (χ3n) is 4.33. The van der Waals surface area contributed by atoms with Crippen LogP contribution < -0.4 is 5.32 Å². The zero-order valence-electron chi connectivity index (χ0n) is 15.6. The molecule has 0 unspecified atom stereocenters. The number of carbonyl (C=O) groups excluding carboxylic acids is 1. The molecule has 1 N–H and O–H groups in total. The molecule has 0 aliphatic heterocycles. The number of carbonyl (C=O) groups is 1. The molecule has 1 aromatic carbocycles. The maximum Gasteiger partial charge on any atom is 0.252 e. The van der Waals surface area contributed by atoms with Crippen LogP contribution in [0.2, 0.25) is 0 Å². The Kier molecular flexibility index (Phi) is 6.88. The van der Waals surface area contributed by atoms with Crippen LogP contribution in [0.25, 0.3) is 22.2 Å². The van der Waals surface area contributed by atoms with Gasteiger partial charge in [0, 0.05) is 43.1 Å². The standard InChI is InChI=1S/C22H25N3O2/c1-2-3-14-27-15-6-11-24-22(26)19-16-21(17-9-12-23-13-10-17)25-20-8-5-4-7-18(19)20/h4-5,7-10,12-13,16H,2-3,6,11,14-15H2,1H3,(H,24,26). The minimum atomic E-state index is -0.0857. The number of unbranched alkanes of at least 4 members (excludes halogenated alkanes) is 1. The van der Waals surface area contributed by atoms with Crippen molar-refractivity contribution < 1.29 is 9.53 Å². The number of hydrogen-bond acceptors (Lipinski definition) is 4. The molecule has 0 saturated heterocycles. The van der Waals surface area contributed by atoms with Crippen LogP contribution in [-0.4, -0.2) is 35.6 Å². The number of rotatable bonds is 9. The number of nitrogens with zero attached hydrogens (tertiary/aromatic N) is 2. The van der Waals surface area contributed by atoms with Gasteiger partial charge in [-0.15, -0.1) is 0 Å². The quantitative estimate of drug-likeness (QED) is 0.578. The number of pyridine rings is 2. The van der Waals surface area contributed by atoms with E-state index in [0.717, 1.165) is 48.0 Å². The summed E-state index contributed by atoms with van der Waals surface area (Å²) in [5.41, 5.74) is 3.15. The first-order valence-corrected chi connectivity index (χ1v) is 9.45. The Morgan fingerprint density at radius 3 is 2.67 bits per heavy atom. The van der Waals surface area contributed by atoms with Crippen molar-refractivity contribution in [3.63, 3.8) is 0 Å². The highest BCUT2D eigenvalue weighted by Gasteiger charge is 2.13. The van der Waals surface area contributed by atoms with Gasteiger partial charge in [0.25, 0.3) is 5.91 Å². The number of amides is 1. The number of benzene rings is 1. The lowest BCUT2D eigenvalue weighted by Gasteiger charge is -2.11. The molecule has 0 atom stereocenters. The first-order chi connectivity index (χ1) is 13.3. The molecule has 0 bridgehead atoms. The lowest BCUT2D eigenvalue weighted by molar-refractivity contribution is 0.0942. The summed E-state index contributed by atoms with van der Waals surface area (Å²) in [7, 11) is 0. The summed E-state index contributed by atoms with van der Waals surface area (Å²) in [5, 5.41) is 3.86. The van der Waals surface area contributed by atoms with Gasteiger partial charge in [-0.1, -0.05) is 31.5 Å². The van der Waals surface area contributed by atoms with Crippen LogP contribution >= 0.6 is 0 Å². The molecule has 0 aliphatic rings. The first kappa shape index (κ1) is 19.0. The van der Waals surface area contributed by atoms with E-state index in [0.29, 0.717) is 18.7 Å². The van der Waals surface area contributed by atoms with E-state index < -0.39 is 0 Å². The summed E-state index contributed by atoms with van der Waals surface area (Å²) in [5.74, 6) is -0.0857. The molecule has 0 fully saturated rings. The molecule has 1 amide bonds. The van der Waals surface area contributed by atoms with Crippen LogP contribution in [0.3, 0.4) is 0 Å². The summed E-state index contributed by atoms with van der Waals surface area (Å²) in [4.78, 5) is 21.5. The highest BCUT2D eigenvalue weighted by molar-refractivity contribution is 6.07. The second-order valence-electron chi connectivity index (χ2n) is 6.38. The molecule has 3 rings (SSSR count). The Morgan fingerprint density at radius 2 is 1.85 bits per heavy atom. The fraction of sp³-hybridized carbons (Fsp3) is 0.318. The van der Waals surface area contributed by atoms with Crippen molar-refractivity contribution in [2.75, 3.05) is 19.8 Å². The van der Waals surface area contributed by atoms with Crippen LogP contribution in [0.4, 0.5) is 0 Å². The maximum absolute atomic E-state index is 12.8. The monoisotopic (exact) mass is 363 g/mol. The molecular formula is C22H25N3O2. The number of para-hydroxylation sites is 1. The Labute approximate surface area is 159 Å². The molecule has 0 radical (unpaired) electrons. The van der Waals surface area contributed by atoms with E-state index in [9.17, 15) is 4.79 Å².